The van der Waals surface area contributed by atoms with Gasteiger partial charge in [0.15, 0.2) is 0 Å². The molecule has 0 unspecified atom stereocenters. The number of benzene rings is 2. The van der Waals surface area contributed by atoms with Crippen LogP contribution in [-0.4, -0.2) is 15.0 Å². The van der Waals surface area contributed by atoms with Gasteiger partial charge in [-0.15, -0.1) is 0 Å². The second-order valence-electron chi connectivity index (χ2n) is 5.65. The van der Waals surface area contributed by atoms with Crippen LogP contribution in [0.5, 0.6) is 5.75 Å². The molecular formula is C20H15FN4O. The van der Waals surface area contributed by atoms with Gasteiger partial charge in [0.1, 0.15) is 30.3 Å². The molecule has 1 N–H and O–H groups in total. The van der Waals surface area contributed by atoms with E-state index >= 15 is 0 Å². The monoisotopic (exact) mass is 346 g/mol. The Labute approximate surface area is 149 Å². The number of fused-ring (bicyclic) bond motifs is 1. The topological polar surface area (TPSA) is 59.9 Å². The van der Waals surface area contributed by atoms with Crippen molar-refractivity contribution in [2.24, 2.45) is 0 Å². The van der Waals surface area contributed by atoms with Gasteiger partial charge in [0.05, 0.1) is 23.6 Å². The minimum absolute atomic E-state index is 0.133. The summed E-state index contributed by atoms with van der Waals surface area (Å²) in [6.45, 7) is 0.133. The van der Waals surface area contributed by atoms with Crippen molar-refractivity contribution in [2.75, 3.05) is 5.32 Å². The van der Waals surface area contributed by atoms with Gasteiger partial charge in [-0.25, -0.2) is 14.4 Å². The van der Waals surface area contributed by atoms with E-state index in [-0.39, 0.29) is 12.4 Å². The molecule has 4 aromatic rings. The van der Waals surface area contributed by atoms with E-state index in [0.717, 1.165) is 16.6 Å². The molecule has 4 rings (SSSR count). The predicted molar refractivity (Wildman–Crippen MR) is 97.8 cm³/mol. The van der Waals surface area contributed by atoms with Crippen LogP contribution in [0, 0.1) is 5.82 Å². The fraction of sp³-hybridized carbons (Fsp3) is 0.0500. The van der Waals surface area contributed by atoms with Crippen LogP contribution >= 0.6 is 0 Å². The smallest absolute Gasteiger partial charge is 0.141 e. The van der Waals surface area contributed by atoms with Gasteiger partial charge in [-0.05, 0) is 18.2 Å². The van der Waals surface area contributed by atoms with Crippen molar-refractivity contribution in [1.82, 2.24) is 15.0 Å². The first-order valence-electron chi connectivity index (χ1n) is 8.07. The maximum atomic E-state index is 13.7. The lowest BCUT2D eigenvalue weighted by Crippen LogP contribution is -2.00. The van der Waals surface area contributed by atoms with E-state index in [0.29, 0.717) is 17.1 Å². The van der Waals surface area contributed by atoms with Crippen molar-refractivity contribution in [2.45, 2.75) is 6.61 Å². The quantitative estimate of drug-likeness (QED) is 0.577. The standard InChI is InChI=1S/C20H15FN4O/c21-18-7-3-1-5-14(18)12-26-16-9-15(10-22-11-16)25-20-17-6-2-4-8-19(17)23-13-24-20/h1-11,13H,12H2,(H,23,24,25). The summed E-state index contributed by atoms with van der Waals surface area (Å²) in [4.78, 5) is 12.7. The zero-order valence-corrected chi connectivity index (χ0v) is 13.8. The molecule has 0 spiro atoms. The third kappa shape index (κ3) is 3.44. The van der Waals surface area contributed by atoms with Crippen molar-refractivity contribution in [3.05, 3.63) is 84.7 Å². The number of rotatable bonds is 5. The van der Waals surface area contributed by atoms with Gasteiger partial charge in [0.25, 0.3) is 0 Å². The highest BCUT2D eigenvalue weighted by Gasteiger charge is 2.06. The average molecular weight is 346 g/mol. The van der Waals surface area contributed by atoms with Crippen LogP contribution in [0.2, 0.25) is 0 Å². The highest BCUT2D eigenvalue weighted by molar-refractivity contribution is 5.90. The third-order valence-electron chi connectivity index (χ3n) is 3.87. The lowest BCUT2D eigenvalue weighted by molar-refractivity contribution is 0.299. The van der Waals surface area contributed by atoms with Gasteiger partial charge in [-0.3, -0.25) is 4.98 Å². The number of hydrogen-bond donors (Lipinski definition) is 1. The SMILES string of the molecule is Fc1ccccc1COc1cncc(Nc2ncnc3ccccc23)c1. The summed E-state index contributed by atoms with van der Waals surface area (Å²) in [5.41, 5.74) is 2.07. The first-order chi connectivity index (χ1) is 12.8. The number of halogens is 1. The summed E-state index contributed by atoms with van der Waals surface area (Å²) >= 11 is 0. The van der Waals surface area contributed by atoms with Crippen molar-refractivity contribution in [3.8, 4) is 5.75 Å². The Hall–Kier alpha value is -3.54. The largest absolute Gasteiger partial charge is 0.487 e. The maximum Gasteiger partial charge on any atom is 0.141 e. The first kappa shape index (κ1) is 16.0. The molecule has 0 saturated heterocycles. The number of pyridine rings is 1. The number of nitrogens with one attached hydrogen (secondary N) is 1. The average Bonchev–Trinajstić information content (AvgIpc) is 2.68. The van der Waals surface area contributed by atoms with Crippen LogP contribution in [0.4, 0.5) is 15.9 Å². The van der Waals surface area contributed by atoms with E-state index in [1.54, 1.807) is 36.7 Å². The van der Waals surface area contributed by atoms with Crippen LogP contribution in [0.15, 0.2) is 73.3 Å². The minimum Gasteiger partial charge on any atom is -0.487 e. The van der Waals surface area contributed by atoms with E-state index in [4.69, 9.17) is 4.74 Å². The Morgan fingerprint density at radius 2 is 1.81 bits per heavy atom. The molecule has 6 heteroatoms. The Kier molecular flexibility index (Phi) is 4.38. The molecular weight excluding hydrogens is 331 g/mol. The fourth-order valence-corrected chi connectivity index (χ4v) is 2.58. The van der Waals surface area contributed by atoms with Gasteiger partial charge in [0.2, 0.25) is 0 Å². The fourth-order valence-electron chi connectivity index (χ4n) is 2.58. The van der Waals surface area contributed by atoms with Crippen molar-refractivity contribution >= 4 is 22.4 Å². The number of hydrogen-bond acceptors (Lipinski definition) is 5. The first-order valence-corrected chi connectivity index (χ1v) is 8.07. The Bertz CT molecular complexity index is 1050. The van der Waals surface area contributed by atoms with Gasteiger partial charge >= 0.3 is 0 Å². The van der Waals surface area contributed by atoms with E-state index < -0.39 is 0 Å². The molecule has 2 heterocycles. The van der Waals surface area contributed by atoms with Gasteiger partial charge in [-0.1, -0.05) is 30.3 Å². The zero-order chi connectivity index (χ0) is 17.8. The Balaban J connectivity index is 1.53. The lowest BCUT2D eigenvalue weighted by atomic mass is 10.2. The number of anilines is 2. The maximum absolute atomic E-state index is 13.7. The van der Waals surface area contributed by atoms with Gasteiger partial charge in [-0.2, -0.15) is 0 Å². The predicted octanol–water partition coefficient (Wildman–Crippen LogP) is 4.49. The van der Waals surface area contributed by atoms with E-state index in [9.17, 15) is 4.39 Å². The van der Waals surface area contributed by atoms with Crippen LogP contribution in [0.3, 0.4) is 0 Å². The van der Waals surface area contributed by atoms with Crippen LogP contribution in [0.1, 0.15) is 5.56 Å². The molecule has 5 nitrogen and oxygen atoms in total. The number of ether oxygens (including phenoxy) is 1. The second kappa shape index (κ2) is 7.14. The molecule has 128 valence electrons. The van der Waals surface area contributed by atoms with Crippen LogP contribution < -0.4 is 10.1 Å². The van der Waals surface area contributed by atoms with E-state index in [1.165, 1.54) is 12.4 Å². The number of aromatic nitrogens is 3. The molecule has 0 aliphatic heterocycles. The highest BCUT2D eigenvalue weighted by Crippen LogP contribution is 2.24. The molecule has 2 aromatic carbocycles. The summed E-state index contributed by atoms with van der Waals surface area (Å²) in [6.07, 6.45) is 4.77. The third-order valence-corrected chi connectivity index (χ3v) is 3.87. The van der Waals surface area contributed by atoms with Crippen molar-refractivity contribution < 1.29 is 9.13 Å². The molecule has 0 bridgehead atoms. The molecule has 0 fully saturated rings. The molecule has 26 heavy (non-hydrogen) atoms. The molecule has 0 aliphatic rings. The van der Waals surface area contributed by atoms with Gasteiger partial charge in [0, 0.05) is 17.0 Å². The second-order valence-corrected chi connectivity index (χ2v) is 5.65. The Morgan fingerprint density at radius 1 is 0.962 bits per heavy atom. The molecule has 0 amide bonds. The summed E-state index contributed by atoms with van der Waals surface area (Å²) in [7, 11) is 0. The minimum atomic E-state index is -0.290. The molecule has 0 saturated carbocycles. The number of para-hydroxylation sites is 1. The summed E-state index contributed by atoms with van der Waals surface area (Å²) < 4.78 is 19.3. The number of nitrogens with zero attached hydrogens (tertiary/aromatic N) is 3. The van der Waals surface area contributed by atoms with E-state index in [1.807, 2.05) is 24.3 Å². The molecule has 0 aliphatic carbocycles. The summed E-state index contributed by atoms with van der Waals surface area (Å²) in [5, 5.41) is 4.14. The van der Waals surface area contributed by atoms with Crippen LogP contribution in [-0.2, 0) is 6.61 Å². The molecule has 0 atom stereocenters. The van der Waals surface area contributed by atoms with Gasteiger partial charge < -0.3 is 10.1 Å². The summed E-state index contributed by atoms with van der Waals surface area (Å²) in [6, 6.07) is 16.1. The normalized spacial score (nSPS) is 10.7. The van der Waals surface area contributed by atoms with E-state index in [2.05, 4.69) is 20.3 Å². The van der Waals surface area contributed by atoms with Crippen LogP contribution in [0.25, 0.3) is 10.9 Å². The lowest BCUT2D eigenvalue weighted by Gasteiger charge is -2.10. The van der Waals surface area contributed by atoms with Crippen molar-refractivity contribution in [1.29, 1.82) is 0 Å². The Morgan fingerprint density at radius 3 is 2.73 bits per heavy atom. The molecule has 0 radical (unpaired) electrons. The van der Waals surface area contributed by atoms with Crippen molar-refractivity contribution in [3.63, 3.8) is 0 Å². The summed E-state index contributed by atoms with van der Waals surface area (Å²) in [5.74, 6) is 0.933. The highest BCUT2D eigenvalue weighted by atomic mass is 19.1. The zero-order valence-electron chi connectivity index (χ0n) is 13.8. The molecule has 2 aromatic heterocycles.